The highest BCUT2D eigenvalue weighted by molar-refractivity contribution is 7.80. The molecule has 0 aliphatic carbocycles. The van der Waals surface area contributed by atoms with Crippen LogP contribution in [0.2, 0.25) is 0 Å². The van der Waals surface area contributed by atoms with Crippen LogP contribution < -0.4 is 5.73 Å². The Morgan fingerprint density at radius 3 is 2.47 bits per heavy atom. The average molecular weight is 223 g/mol. The molecule has 0 spiro atoms. The Bertz CT molecular complexity index is 321. The molecule has 0 radical (unpaired) electrons. The summed E-state index contributed by atoms with van der Waals surface area (Å²) in [6.07, 6.45) is 1.82. The minimum atomic E-state index is -0.00208. The molecule has 0 aliphatic rings. The monoisotopic (exact) mass is 223 g/mol. The quantitative estimate of drug-likeness (QED) is 0.595. The van der Waals surface area contributed by atoms with Crippen molar-refractivity contribution in [3.8, 4) is 0 Å². The summed E-state index contributed by atoms with van der Waals surface area (Å²) in [6.45, 7) is 1.64. The summed E-state index contributed by atoms with van der Waals surface area (Å²) < 4.78 is 0. The Hall–Kier alpha value is -0.960. The second kappa shape index (κ2) is 5.81. The first-order valence-electron chi connectivity index (χ1n) is 5.12. The summed E-state index contributed by atoms with van der Waals surface area (Å²) in [5, 5.41) is 0. The van der Waals surface area contributed by atoms with E-state index in [1.165, 1.54) is 0 Å². The molecular weight excluding hydrogens is 206 g/mol. The molecule has 1 rings (SSSR count). The predicted molar refractivity (Wildman–Crippen MR) is 67.4 cm³/mol. The number of hydrogen-bond acceptors (Lipinski definition) is 3. The molecular formula is C12H17NOS. The fourth-order valence-electron chi connectivity index (χ4n) is 1.63. The molecule has 15 heavy (non-hydrogen) atoms. The smallest absolute Gasteiger partial charge is 0.137 e. The van der Waals surface area contributed by atoms with Crippen LogP contribution in [0.15, 0.2) is 24.3 Å². The van der Waals surface area contributed by atoms with Gasteiger partial charge >= 0.3 is 0 Å². The van der Waals surface area contributed by atoms with Gasteiger partial charge in [0.1, 0.15) is 5.78 Å². The summed E-state index contributed by atoms with van der Waals surface area (Å²) in [5.41, 5.74) is 7.39. The molecule has 2 nitrogen and oxygen atoms in total. The number of rotatable bonds is 5. The lowest BCUT2D eigenvalue weighted by atomic mass is 9.91. The van der Waals surface area contributed by atoms with E-state index < -0.39 is 0 Å². The molecule has 0 fully saturated rings. The highest BCUT2D eigenvalue weighted by Gasteiger charge is 2.15. The summed E-state index contributed by atoms with van der Waals surface area (Å²) in [4.78, 5) is 11.5. The Balaban J connectivity index is 2.79. The highest BCUT2D eigenvalue weighted by Crippen LogP contribution is 2.23. The van der Waals surface area contributed by atoms with Gasteiger partial charge in [0, 0.05) is 11.6 Å². The van der Waals surface area contributed by atoms with Gasteiger partial charge in [-0.1, -0.05) is 12.1 Å². The molecule has 0 aromatic heterocycles. The molecule has 0 aliphatic heterocycles. The SMILES string of the molecule is CC(=O)C(CCCS)c1ccc(N)cc1. The highest BCUT2D eigenvalue weighted by atomic mass is 32.1. The maximum Gasteiger partial charge on any atom is 0.137 e. The maximum atomic E-state index is 11.5. The number of hydrogen-bond donors (Lipinski definition) is 2. The first-order valence-corrected chi connectivity index (χ1v) is 5.75. The number of benzene rings is 1. The van der Waals surface area contributed by atoms with Crippen molar-refractivity contribution < 1.29 is 4.79 Å². The zero-order valence-electron chi connectivity index (χ0n) is 8.94. The minimum Gasteiger partial charge on any atom is -0.399 e. The van der Waals surface area contributed by atoms with Crippen molar-refractivity contribution in [1.29, 1.82) is 0 Å². The van der Waals surface area contributed by atoms with Crippen LogP contribution in [-0.2, 0) is 4.79 Å². The van der Waals surface area contributed by atoms with Gasteiger partial charge in [0.25, 0.3) is 0 Å². The van der Waals surface area contributed by atoms with Crippen molar-refractivity contribution in [2.75, 3.05) is 11.5 Å². The summed E-state index contributed by atoms with van der Waals surface area (Å²) in [5.74, 6) is 1.03. The Morgan fingerprint density at radius 1 is 1.40 bits per heavy atom. The molecule has 0 amide bonds. The normalized spacial score (nSPS) is 12.4. The molecule has 2 N–H and O–H groups in total. The number of carbonyl (C=O) groups is 1. The zero-order valence-corrected chi connectivity index (χ0v) is 9.84. The van der Waals surface area contributed by atoms with Crippen LogP contribution in [-0.4, -0.2) is 11.5 Å². The fraction of sp³-hybridized carbons (Fsp3) is 0.417. The molecule has 1 aromatic rings. The summed E-state index contributed by atoms with van der Waals surface area (Å²) in [6, 6.07) is 7.54. The van der Waals surface area contributed by atoms with Crippen LogP contribution in [0, 0.1) is 0 Å². The maximum absolute atomic E-state index is 11.5. The Labute approximate surface area is 96.3 Å². The van der Waals surface area contributed by atoms with Crippen molar-refractivity contribution >= 4 is 24.1 Å². The van der Waals surface area contributed by atoms with E-state index in [4.69, 9.17) is 5.73 Å². The van der Waals surface area contributed by atoms with Gasteiger partial charge in [0.2, 0.25) is 0 Å². The molecule has 3 heteroatoms. The number of ketones is 1. The number of thiol groups is 1. The number of carbonyl (C=O) groups excluding carboxylic acids is 1. The molecule has 0 saturated carbocycles. The summed E-state index contributed by atoms with van der Waals surface area (Å²) >= 11 is 4.16. The van der Waals surface area contributed by atoms with Crippen LogP contribution in [0.25, 0.3) is 0 Å². The van der Waals surface area contributed by atoms with Gasteiger partial charge in [0.05, 0.1) is 0 Å². The van der Waals surface area contributed by atoms with E-state index >= 15 is 0 Å². The Kier molecular flexibility index (Phi) is 4.69. The van der Waals surface area contributed by atoms with Gasteiger partial charge in [-0.05, 0) is 43.2 Å². The second-order valence-corrected chi connectivity index (χ2v) is 4.14. The number of nitrogen functional groups attached to an aromatic ring is 1. The van der Waals surface area contributed by atoms with E-state index in [0.29, 0.717) is 0 Å². The van der Waals surface area contributed by atoms with Crippen molar-refractivity contribution in [3.63, 3.8) is 0 Å². The first kappa shape index (κ1) is 12.1. The van der Waals surface area contributed by atoms with Gasteiger partial charge in [-0.25, -0.2) is 0 Å². The Morgan fingerprint density at radius 2 is 2.00 bits per heavy atom. The number of Topliss-reactive ketones (excluding diaryl/α,β-unsaturated/α-hetero) is 1. The fourth-order valence-corrected chi connectivity index (χ4v) is 1.81. The molecule has 0 bridgehead atoms. The van der Waals surface area contributed by atoms with Gasteiger partial charge < -0.3 is 5.73 Å². The van der Waals surface area contributed by atoms with E-state index in [0.717, 1.165) is 29.8 Å². The topological polar surface area (TPSA) is 43.1 Å². The van der Waals surface area contributed by atoms with Gasteiger partial charge in [-0.3, -0.25) is 4.79 Å². The molecule has 1 atom stereocenters. The molecule has 1 unspecified atom stereocenters. The van der Waals surface area contributed by atoms with Crippen LogP contribution in [0.3, 0.4) is 0 Å². The van der Waals surface area contributed by atoms with Crippen LogP contribution in [0.1, 0.15) is 31.2 Å². The lowest BCUT2D eigenvalue weighted by Gasteiger charge is -2.13. The third-order valence-corrected chi connectivity index (χ3v) is 2.80. The van der Waals surface area contributed by atoms with Crippen molar-refractivity contribution in [2.45, 2.75) is 25.7 Å². The first-order chi connectivity index (χ1) is 7.15. The third kappa shape index (κ3) is 3.59. The van der Waals surface area contributed by atoms with Crippen LogP contribution in [0.5, 0.6) is 0 Å². The van der Waals surface area contributed by atoms with Gasteiger partial charge in [-0.15, -0.1) is 0 Å². The van der Waals surface area contributed by atoms with Crippen LogP contribution >= 0.6 is 12.6 Å². The minimum absolute atomic E-state index is 0.00208. The van der Waals surface area contributed by atoms with E-state index in [1.807, 2.05) is 24.3 Å². The lowest BCUT2D eigenvalue weighted by Crippen LogP contribution is -2.09. The van der Waals surface area contributed by atoms with Crippen LogP contribution in [0.4, 0.5) is 5.69 Å². The van der Waals surface area contributed by atoms with E-state index in [-0.39, 0.29) is 11.7 Å². The van der Waals surface area contributed by atoms with Crippen molar-refractivity contribution in [1.82, 2.24) is 0 Å². The van der Waals surface area contributed by atoms with E-state index in [9.17, 15) is 4.79 Å². The molecule has 82 valence electrons. The summed E-state index contributed by atoms with van der Waals surface area (Å²) in [7, 11) is 0. The van der Waals surface area contributed by atoms with E-state index in [1.54, 1.807) is 6.92 Å². The van der Waals surface area contributed by atoms with Crippen molar-refractivity contribution in [2.24, 2.45) is 0 Å². The van der Waals surface area contributed by atoms with Gasteiger partial charge in [0.15, 0.2) is 0 Å². The molecule has 0 heterocycles. The van der Waals surface area contributed by atoms with Gasteiger partial charge in [-0.2, -0.15) is 12.6 Å². The van der Waals surface area contributed by atoms with E-state index in [2.05, 4.69) is 12.6 Å². The number of nitrogens with two attached hydrogens (primary N) is 1. The second-order valence-electron chi connectivity index (χ2n) is 3.70. The molecule has 0 saturated heterocycles. The lowest BCUT2D eigenvalue weighted by molar-refractivity contribution is -0.118. The zero-order chi connectivity index (χ0) is 11.3. The third-order valence-electron chi connectivity index (χ3n) is 2.48. The molecule has 1 aromatic carbocycles. The number of anilines is 1. The van der Waals surface area contributed by atoms with Crippen molar-refractivity contribution in [3.05, 3.63) is 29.8 Å². The standard InChI is InChI=1S/C12H17NOS/c1-9(14)12(3-2-8-15)10-4-6-11(13)7-5-10/h4-7,12,15H,2-3,8,13H2,1H3. The average Bonchev–Trinajstić information content (AvgIpc) is 2.21. The largest absolute Gasteiger partial charge is 0.399 e. The predicted octanol–water partition coefficient (Wildman–Crippen LogP) is 2.65.